The second-order valence-corrected chi connectivity index (χ2v) is 1.56. The van der Waals surface area contributed by atoms with Gasteiger partial charge < -0.3 is 10.2 Å². The highest BCUT2D eigenvalue weighted by atomic mass is 16.3. The smallest absolute Gasteiger partial charge is 0.191 e. The molecule has 0 saturated carbocycles. The fourth-order valence-corrected chi connectivity index (χ4v) is 0.502. The Bertz CT molecular complexity index is 171. The molecule has 0 fully saturated rings. The fraction of sp³-hybridized carbons (Fsp3) is 0.400. The van der Waals surface area contributed by atoms with Crippen LogP contribution in [0, 0.1) is 6.92 Å². The van der Waals surface area contributed by atoms with E-state index < -0.39 is 0 Å². The van der Waals surface area contributed by atoms with Gasteiger partial charge in [-0.3, -0.25) is 0 Å². The Morgan fingerprint density at radius 2 is 2.62 bits per heavy atom. The standard InChI is InChI=1S/C5H8N2O/c1-4-7-5(2-6)3-8-4/h3H,2,6H2,1H3. The maximum Gasteiger partial charge on any atom is 0.191 e. The van der Waals surface area contributed by atoms with E-state index in [2.05, 4.69) is 4.98 Å². The maximum atomic E-state index is 5.24. The van der Waals surface area contributed by atoms with Gasteiger partial charge in [0.2, 0.25) is 0 Å². The molecule has 0 radical (unpaired) electrons. The normalized spacial score (nSPS) is 9.75. The number of nitrogens with zero attached hydrogens (tertiary/aromatic N) is 1. The first-order valence-corrected chi connectivity index (χ1v) is 2.44. The van der Waals surface area contributed by atoms with E-state index in [1.54, 1.807) is 13.2 Å². The van der Waals surface area contributed by atoms with E-state index in [0.717, 1.165) is 5.69 Å². The summed E-state index contributed by atoms with van der Waals surface area (Å²) < 4.78 is 4.86. The lowest BCUT2D eigenvalue weighted by Crippen LogP contribution is -1.95. The molecule has 1 aromatic heterocycles. The van der Waals surface area contributed by atoms with E-state index in [1.807, 2.05) is 0 Å². The van der Waals surface area contributed by atoms with Gasteiger partial charge in [-0.1, -0.05) is 0 Å². The van der Waals surface area contributed by atoms with Gasteiger partial charge in [0.15, 0.2) is 5.89 Å². The minimum Gasteiger partial charge on any atom is -0.449 e. The molecule has 2 N–H and O–H groups in total. The number of hydrogen-bond acceptors (Lipinski definition) is 3. The van der Waals surface area contributed by atoms with E-state index in [-0.39, 0.29) is 0 Å². The van der Waals surface area contributed by atoms with Crippen LogP contribution < -0.4 is 5.73 Å². The minimum atomic E-state index is 0.456. The molecule has 8 heavy (non-hydrogen) atoms. The molecule has 0 aliphatic carbocycles. The van der Waals surface area contributed by atoms with Gasteiger partial charge >= 0.3 is 0 Å². The van der Waals surface area contributed by atoms with Gasteiger partial charge in [-0.25, -0.2) is 4.98 Å². The average Bonchev–Trinajstić information content (AvgIpc) is 2.14. The summed E-state index contributed by atoms with van der Waals surface area (Å²) in [5.74, 6) is 0.672. The van der Waals surface area contributed by atoms with Crippen molar-refractivity contribution in [1.82, 2.24) is 4.98 Å². The van der Waals surface area contributed by atoms with E-state index >= 15 is 0 Å². The van der Waals surface area contributed by atoms with Crippen LogP contribution in [0.4, 0.5) is 0 Å². The SMILES string of the molecule is Cc1nc(CN)co1. The van der Waals surface area contributed by atoms with Crippen molar-refractivity contribution in [1.29, 1.82) is 0 Å². The molecule has 1 heterocycles. The highest BCUT2D eigenvalue weighted by Crippen LogP contribution is 1.96. The minimum absolute atomic E-state index is 0.456. The molecule has 0 aliphatic rings. The molecule has 0 unspecified atom stereocenters. The van der Waals surface area contributed by atoms with Crippen LogP contribution in [0.15, 0.2) is 10.7 Å². The number of rotatable bonds is 1. The summed E-state index contributed by atoms with van der Waals surface area (Å²) in [5.41, 5.74) is 6.05. The van der Waals surface area contributed by atoms with Crippen LogP contribution in [-0.2, 0) is 6.54 Å². The summed E-state index contributed by atoms with van der Waals surface area (Å²) in [6, 6.07) is 0. The molecule has 1 aromatic rings. The van der Waals surface area contributed by atoms with Crippen molar-refractivity contribution in [2.45, 2.75) is 13.5 Å². The van der Waals surface area contributed by atoms with Crippen molar-refractivity contribution in [3.05, 3.63) is 17.8 Å². The second kappa shape index (κ2) is 1.96. The first kappa shape index (κ1) is 5.31. The molecule has 0 atom stereocenters. The molecule has 0 spiro atoms. The van der Waals surface area contributed by atoms with Crippen molar-refractivity contribution < 1.29 is 4.42 Å². The van der Waals surface area contributed by atoms with Crippen LogP contribution in [0.1, 0.15) is 11.6 Å². The van der Waals surface area contributed by atoms with Crippen molar-refractivity contribution in [3.63, 3.8) is 0 Å². The molecule has 0 saturated heterocycles. The van der Waals surface area contributed by atoms with Crippen LogP contribution in [0.3, 0.4) is 0 Å². The molecule has 0 aromatic carbocycles. The molecule has 0 bridgehead atoms. The molecule has 44 valence electrons. The Morgan fingerprint density at radius 3 is 2.88 bits per heavy atom. The van der Waals surface area contributed by atoms with Crippen LogP contribution in [-0.4, -0.2) is 4.98 Å². The predicted octanol–water partition coefficient (Wildman–Crippen LogP) is 0.442. The van der Waals surface area contributed by atoms with Gasteiger partial charge in [0.1, 0.15) is 6.26 Å². The molecule has 3 heteroatoms. The van der Waals surface area contributed by atoms with Crippen molar-refractivity contribution in [2.75, 3.05) is 0 Å². The van der Waals surface area contributed by atoms with Gasteiger partial charge in [-0.05, 0) is 0 Å². The highest BCUT2D eigenvalue weighted by molar-refractivity contribution is 4.93. The molecular formula is C5H8N2O. The Morgan fingerprint density at radius 1 is 1.88 bits per heavy atom. The summed E-state index contributed by atoms with van der Waals surface area (Å²) in [4.78, 5) is 3.94. The summed E-state index contributed by atoms with van der Waals surface area (Å²) in [5, 5.41) is 0. The maximum absolute atomic E-state index is 5.24. The second-order valence-electron chi connectivity index (χ2n) is 1.56. The zero-order valence-electron chi connectivity index (χ0n) is 4.72. The van der Waals surface area contributed by atoms with Gasteiger partial charge in [0.05, 0.1) is 5.69 Å². The van der Waals surface area contributed by atoms with Crippen LogP contribution in [0.2, 0.25) is 0 Å². The largest absolute Gasteiger partial charge is 0.449 e. The predicted molar refractivity (Wildman–Crippen MR) is 29.1 cm³/mol. The Balaban J connectivity index is 2.84. The van der Waals surface area contributed by atoms with Gasteiger partial charge in [0, 0.05) is 13.5 Å². The topological polar surface area (TPSA) is 52.0 Å². The third-order valence-corrected chi connectivity index (χ3v) is 0.876. The van der Waals surface area contributed by atoms with Crippen molar-refractivity contribution in [3.8, 4) is 0 Å². The van der Waals surface area contributed by atoms with Crippen LogP contribution in [0.5, 0.6) is 0 Å². The Kier molecular flexibility index (Phi) is 1.30. The fourth-order valence-electron chi connectivity index (χ4n) is 0.502. The quantitative estimate of drug-likeness (QED) is 0.573. The summed E-state index contributed by atoms with van der Waals surface area (Å²) in [6.45, 7) is 2.25. The van der Waals surface area contributed by atoms with Crippen LogP contribution >= 0.6 is 0 Å². The molecule has 0 amide bonds. The van der Waals surface area contributed by atoms with Gasteiger partial charge in [-0.15, -0.1) is 0 Å². The lowest BCUT2D eigenvalue weighted by molar-refractivity contribution is 0.520. The van der Waals surface area contributed by atoms with Gasteiger partial charge in [0.25, 0.3) is 0 Å². The summed E-state index contributed by atoms with van der Waals surface area (Å²) >= 11 is 0. The third kappa shape index (κ3) is 0.869. The van der Waals surface area contributed by atoms with E-state index in [0.29, 0.717) is 12.4 Å². The number of aryl methyl sites for hydroxylation is 1. The van der Waals surface area contributed by atoms with E-state index in [1.165, 1.54) is 0 Å². The molecule has 3 nitrogen and oxygen atoms in total. The number of aromatic nitrogens is 1. The van der Waals surface area contributed by atoms with Crippen molar-refractivity contribution in [2.24, 2.45) is 5.73 Å². The average molecular weight is 112 g/mol. The molecule has 1 rings (SSSR count). The lowest BCUT2D eigenvalue weighted by atomic mass is 10.5. The number of oxazole rings is 1. The zero-order chi connectivity index (χ0) is 5.98. The monoisotopic (exact) mass is 112 g/mol. The Hall–Kier alpha value is -0.830. The summed E-state index contributed by atoms with van der Waals surface area (Å²) in [7, 11) is 0. The van der Waals surface area contributed by atoms with Crippen molar-refractivity contribution >= 4 is 0 Å². The first-order valence-electron chi connectivity index (χ1n) is 2.44. The van der Waals surface area contributed by atoms with E-state index in [4.69, 9.17) is 10.2 Å². The summed E-state index contributed by atoms with van der Waals surface area (Å²) in [6.07, 6.45) is 1.56. The van der Waals surface area contributed by atoms with Gasteiger partial charge in [-0.2, -0.15) is 0 Å². The van der Waals surface area contributed by atoms with E-state index in [9.17, 15) is 0 Å². The molecule has 0 aliphatic heterocycles. The molecular weight excluding hydrogens is 104 g/mol. The van der Waals surface area contributed by atoms with Crippen LogP contribution in [0.25, 0.3) is 0 Å². The third-order valence-electron chi connectivity index (χ3n) is 0.876. The Labute approximate surface area is 47.5 Å². The highest BCUT2D eigenvalue weighted by Gasteiger charge is 1.92. The zero-order valence-corrected chi connectivity index (χ0v) is 4.72. The lowest BCUT2D eigenvalue weighted by Gasteiger charge is -1.77. The first-order chi connectivity index (χ1) is 3.83. The number of nitrogens with two attached hydrogens (primary N) is 1. The number of hydrogen-bond donors (Lipinski definition) is 1.